The molecule has 0 aromatic carbocycles. The third-order valence-corrected chi connectivity index (χ3v) is 2.50. The van der Waals surface area contributed by atoms with Gasteiger partial charge in [-0.3, -0.25) is 9.59 Å². The van der Waals surface area contributed by atoms with Crippen LogP contribution in [-0.2, 0) is 19.1 Å². The molecule has 2 N–H and O–H groups in total. The van der Waals surface area contributed by atoms with Gasteiger partial charge in [0.15, 0.2) is 0 Å². The number of ether oxygens (including phenoxy) is 2. The van der Waals surface area contributed by atoms with Gasteiger partial charge in [-0.15, -0.1) is 0 Å². The highest BCUT2D eigenvalue weighted by atomic mass is 16.5. The molecule has 0 spiro atoms. The molecule has 3 atom stereocenters. The average Bonchev–Trinajstić information content (AvgIpc) is 2.44. The second kappa shape index (κ2) is 11.0. The molecule has 0 saturated heterocycles. The van der Waals surface area contributed by atoms with Gasteiger partial charge in [-0.25, -0.2) is 0 Å². The maximum absolute atomic E-state index is 11.1. The van der Waals surface area contributed by atoms with Gasteiger partial charge in [0.05, 0.1) is 25.9 Å². The molecule has 3 unspecified atom stereocenters. The van der Waals surface area contributed by atoms with Crippen molar-refractivity contribution in [3.63, 3.8) is 0 Å². The highest BCUT2D eigenvalue weighted by molar-refractivity contribution is 5.87. The zero-order valence-corrected chi connectivity index (χ0v) is 13.1. The molecule has 0 heterocycles. The first kappa shape index (κ1) is 19.3. The first-order chi connectivity index (χ1) is 9.88. The molecule has 0 bridgehead atoms. The Morgan fingerprint density at radius 1 is 0.952 bits per heavy atom. The summed E-state index contributed by atoms with van der Waals surface area (Å²) in [4.78, 5) is 22.1. The summed E-state index contributed by atoms with van der Waals surface area (Å²) in [6.45, 7) is 13.6. The van der Waals surface area contributed by atoms with Gasteiger partial charge in [0.1, 0.15) is 0 Å². The Morgan fingerprint density at radius 2 is 1.43 bits per heavy atom. The van der Waals surface area contributed by atoms with E-state index in [4.69, 9.17) is 9.47 Å². The van der Waals surface area contributed by atoms with E-state index in [0.717, 1.165) is 0 Å². The standard InChI is InChI=1S/C15H26N2O4/c1-6-14(18)16-11(3)8-20-10-13(5)21-9-12(4)17-15(19)7-2/h6-7,11-13H,1-2,8-10H2,3-5H3,(H,16,18)(H,17,19). The molecule has 21 heavy (non-hydrogen) atoms. The predicted molar refractivity (Wildman–Crippen MR) is 81.8 cm³/mol. The number of nitrogens with one attached hydrogen (secondary N) is 2. The Morgan fingerprint density at radius 3 is 1.90 bits per heavy atom. The van der Waals surface area contributed by atoms with Gasteiger partial charge in [-0.2, -0.15) is 0 Å². The summed E-state index contributed by atoms with van der Waals surface area (Å²) in [6.07, 6.45) is 2.35. The minimum atomic E-state index is -0.221. The van der Waals surface area contributed by atoms with Crippen LogP contribution in [0.2, 0.25) is 0 Å². The summed E-state index contributed by atoms with van der Waals surface area (Å²) in [7, 11) is 0. The highest BCUT2D eigenvalue weighted by Crippen LogP contribution is 1.96. The number of carbonyl (C=O) groups is 2. The van der Waals surface area contributed by atoms with Crippen LogP contribution < -0.4 is 10.6 Å². The zero-order chi connectivity index (χ0) is 16.3. The van der Waals surface area contributed by atoms with Gasteiger partial charge >= 0.3 is 0 Å². The van der Waals surface area contributed by atoms with Crippen molar-refractivity contribution in [1.29, 1.82) is 0 Å². The van der Waals surface area contributed by atoms with Crippen molar-refractivity contribution in [2.45, 2.75) is 39.0 Å². The number of carbonyl (C=O) groups excluding carboxylic acids is 2. The van der Waals surface area contributed by atoms with Gasteiger partial charge in [-0.05, 0) is 32.9 Å². The summed E-state index contributed by atoms with van der Waals surface area (Å²) < 4.78 is 11.0. The molecule has 0 aliphatic rings. The summed E-state index contributed by atoms with van der Waals surface area (Å²) in [5, 5.41) is 5.41. The molecule has 0 saturated carbocycles. The second-order valence-corrected chi connectivity index (χ2v) is 4.91. The maximum Gasteiger partial charge on any atom is 0.243 e. The minimum Gasteiger partial charge on any atom is -0.377 e. The Kier molecular flexibility index (Phi) is 10.2. The predicted octanol–water partition coefficient (Wildman–Crippen LogP) is 0.790. The quantitative estimate of drug-likeness (QED) is 0.553. The van der Waals surface area contributed by atoms with Crippen LogP contribution in [0.3, 0.4) is 0 Å². The van der Waals surface area contributed by atoms with Crippen molar-refractivity contribution in [2.24, 2.45) is 0 Å². The van der Waals surface area contributed by atoms with Gasteiger partial charge < -0.3 is 20.1 Å². The van der Waals surface area contributed by atoms with Crippen LogP contribution in [0.5, 0.6) is 0 Å². The fourth-order valence-corrected chi connectivity index (χ4v) is 1.45. The van der Waals surface area contributed by atoms with Crippen LogP contribution in [0.1, 0.15) is 20.8 Å². The molecule has 0 radical (unpaired) electrons. The molecule has 120 valence electrons. The van der Waals surface area contributed by atoms with Crippen molar-refractivity contribution >= 4 is 11.8 Å². The SMILES string of the molecule is C=CC(=O)NC(C)COCC(C)OCC(C)NC(=O)C=C. The normalized spacial score (nSPS) is 14.6. The summed E-state index contributed by atoms with van der Waals surface area (Å²) >= 11 is 0. The lowest BCUT2D eigenvalue weighted by molar-refractivity contribution is -0.118. The van der Waals surface area contributed by atoms with E-state index in [0.29, 0.717) is 19.8 Å². The molecule has 0 aliphatic carbocycles. The lowest BCUT2D eigenvalue weighted by Crippen LogP contribution is -2.37. The van der Waals surface area contributed by atoms with E-state index in [2.05, 4.69) is 23.8 Å². The van der Waals surface area contributed by atoms with Crippen molar-refractivity contribution < 1.29 is 19.1 Å². The van der Waals surface area contributed by atoms with Gasteiger partial charge in [0, 0.05) is 12.1 Å². The summed E-state index contributed by atoms with van der Waals surface area (Å²) in [6, 6.07) is -0.183. The Bertz CT molecular complexity index is 358. The molecule has 0 rings (SSSR count). The Hall–Kier alpha value is -1.66. The van der Waals surface area contributed by atoms with Gasteiger partial charge in [-0.1, -0.05) is 13.2 Å². The average molecular weight is 298 g/mol. The zero-order valence-electron chi connectivity index (χ0n) is 13.1. The maximum atomic E-state index is 11.1. The molecule has 6 nitrogen and oxygen atoms in total. The van der Waals surface area contributed by atoms with Crippen molar-refractivity contribution in [2.75, 3.05) is 19.8 Å². The second-order valence-electron chi connectivity index (χ2n) is 4.91. The molecule has 0 aromatic rings. The number of rotatable bonds is 11. The first-order valence-electron chi connectivity index (χ1n) is 6.94. The first-order valence-corrected chi connectivity index (χ1v) is 6.94. The third-order valence-electron chi connectivity index (χ3n) is 2.50. The van der Waals surface area contributed by atoms with Crippen LogP contribution in [0, 0.1) is 0 Å². The van der Waals surface area contributed by atoms with Crippen LogP contribution in [0.25, 0.3) is 0 Å². The van der Waals surface area contributed by atoms with E-state index in [9.17, 15) is 9.59 Å². The summed E-state index contributed by atoms with van der Waals surface area (Å²) in [5.41, 5.74) is 0. The Balaban J connectivity index is 3.73. The smallest absolute Gasteiger partial charge is 0.243 e. The van der Waals surface area contributed by atoms with Crippen LogP contribution >= 0.6 is 0 Å². The van der Waals surface area contributed by atoms with Gasteiger partial charge in [0.25, 0.3) is 0 Å². The third kappa shape index (κ3) is 10.8. The van der Waals surface area contributed by atoms with Crippen LogP contribution in [0.4, 0.5) is 0 Å². The van der Waals surface area contributed by atoms with Crippen molar-refractivity contribution in [3.8, 4) is 0 Å². The van der Waals surface area contributed by atoms with Crippen LogP contribution in [-0.4, -0.2) is 49.8 Å². The lowest BCUT2D eigenvalue weighted by Gasteiger charge is -2.19. The topological polar surface area (TPSA) is 76.7 Å². The minimum absolute atomic E-state index is 0.0893. The molecular weight excluding hydrogens is 272 g/mol. The highest BCUT2D eigenvalue weighted by Gasteiger charge is 2.09. The van der Waals surface area contributed by atoms with E-state index >= 15 is 0 Å². The van der Waals surface area contributed by atoms with E-state index in [1.807, 2.05) is 20.8 Å². The molecule has 0 aliphatic heterocycles. The molecule has 0 aromatic heterocycles. The molecule has 2 amide bonds. The number of hydrogen-bond donors (Lipinski definition) is 2. The number of hydrogen-bond acceptors (Lipinski definition) is 4. The van der Waals surface area contributed by atoms with E-state index in [-0.39, 0.29) is 30.0 Å². The fraction of sp³-hybridized carbons (Fsp3) is 0.600. The molecule has 6 heteroatoms. The molecular formula is C15H26N2O4. The summed E-state index contributed by atoms with van der Waals surface area (Å²) in [5.74, 6) is -0.441. The monoisotopic (exact) mass is 298 g/mol. The fourth-order valence-electron chi connectivity index (χ4n) is 1.45. The van der Waals surface area contributed by atoms with E-state index < -0.39 is 0 Å². The van der Waals surface area contributed by atoms with Crippen molar-refractivity contribution in [3.05, 3.63) is 25.3 Å². The lowest BCUT2D eigenvalue weighted by atomic mass is 10.3. The van der Waals surface area contributed by atoms with Crippen LogP contribution in [0.15, 0.2) is 25.3 Å². The molecule has 0 fully saturated rings. The van der Waals surface area contributed by atoms with E-state index in [1.165, 1.54) is 12.2 Å². The largest absolute Gasteiger partial charge is 0.377 e. The van der Waals surface area contributed by atoms with Gasteiger partial charge in [0.2, 0.25) is 11.8 Å². The number of amides is 2. The van der Waals surface area contributed by atoms with E-state index in [1.54, 1.807) is 0 Å². The Labute approximate surface area is 126 Å². The van der Waals surface area contributed by atoms with Crippen molar-refractivity contribution in [1.82, 2.24) is 10.6 Å².